The minimum Gasteiger partial charge on any atom is -0.211 e. The number of hydrogen-bond acceptors (Lipinski definition) is 2. The van der Waals surface area contributed by atoms with Crippen molar-refractivity contribution in [2.45, 2.75) is 13.0 Å². The zero-order valence-electron chi connectivity index (χ0n) is 8.07. The smallest absolute Gasteiger partial charge is 0.211 e. The van der Waals surface area contributed by atoms with Gasteiger partial charge in [-0.3, -0.25) is 0 Å². The summed E-state index contributed by atoms with van der Waals surface area (Å²) in [5.41, 5.74) is 0.887. The van der Waals surface area contributed by atoms with Gasteiger partial charge in [0.15, 0.2) is 0 Å². The van der Waals surface area contributed by atoms with Gasteiger partial charge >= 0.3 is 0 Å². The maximum absolute atomic E-state index is 11.2. The zero-order chi connectivity index (χ0) is 11.5. The Hall–Kier alpha value is -0.100. The third-order valence-corrected chi connectivity index (χ3v) is 4.20. The first kappa shape index (κ1) is 13.0. The maximum Gasteiger partial charge on any atom is 0.226 e. The highest BCUT2D eigenvalue weighted by molar-refractivity contribution is 9.10. The Bertz CT molecular complexity index is 435. The number of hydrogen-bond donors (Lipinski definition) is 1. The standard InChI is InChI=1S/C9H11BrClNO2S/c1-7(12-15(13,14)6-11)8-3-2-4-9(10)5-8/h2-5,7,12H,6H2,1H3. The second kappa shape index (κ2) is 5.30. The summed E-state index contributed by atoms with van der Waals surface area (Å²) >= 11 is 8.62. The normalized spacial score (nSPS) is 13.8. The van der Waals surface area contributed by atoms with Crippen molar-refractivity contribution in [2.24, 2.45) is 0 Å². The Morgan fingerprint density at radius 1 is 1.53 bits per heavy atom. The Labute approximate surface area is 103 Å². The summed E-state index contributed by atoms with van der Waals surface area (Å²) < 4.78 is 25.8. The number of sulfonamides is 1. The fraction of sp³-hybridized carbons (Fsp3) is 0.333. The number of alkyl halides is 1. The second-order valence-electron chi connectivity index (χ2n) is 3.12. The topological polar surface area (TPSA) is 46.2 Å². The summed E-state index contributed by atoms with van der Waals surface area (Å²) in [6.45, 7) is 1.77. The molecule has 0 aliphatic rings. The number of nitrogens with one attached hydrogen (secondary N) is 1. The first-order valence-electron chi connectivity index (χ1n) is 4.26. The number of rotatable bonds is 4. The molecule has 0 radical (unpaired) electrons. The van der Waals surface area contributed by atoms with Gasteiger partial charge in [0.2, 0.25) is 10.0 Å². The van der Waals surface area contributed by atoms with Crippen LogP contribution in [0.2, 0.25) is 0 Å². The largest absolute Gasteiger partial charge is 0.226 e. The minimum absolute atomic E-state index is 0.286. The number of halogens is 2. The van der Waals surface area contributed by atoms with Gasteiger partial charge in [0.25, 0.3) is 0 Å². The van der Waals surface area contributed by atoms with Gasteiger partial charge in [-0.2, -0.15) is 0 Å². The summed E-state index contributed by atoms with van der Waals surface area (Å²) in [6.07, 6.45) is 0. The van der Waals surface area contributed by atoms with E-state index in [1.165, 1.54) is 0 Å². The van der Waals surface area contributed by atoms with Crippen LogP contribution in [-0.4, -0.2) is 13.6 Å². The van der Waals surface area contributed by atoms with Crippen LogP contribution in [0.5, 0.6) is 0 Å². The minimum atomic E-state index is -3.38. The molecule has 15 heavy (non-hydrogen) atoms. The lowest BCUT2D eigenvalue weighted by Gasteiger charge is -2.13. The average molecular weight is 313 g/mol. The van der Waals surface area contributed by atoms with Crippen molar-refractivity contribution in [3.63, 3.8) is 0 Å². The van der Waals surface area contributed by atoms with Crippen molar-refractivity contribution in [1.29, 1.82) is 0 Å². The number of benzene rings is 1. The predicted molar refractivity (Wildman–Crippen MR) is 65.3 cm³/mol. The van der Waals surface area contributed by atoms with Crippen LogP contribution in [-0.2, 0) is 10.0 Å². The van der Waals surface area contributed by atoms with E-state index >= 15 is 0 Å². The van der Waals surface area contributed by atoms with Crippen LogP contribution >= 0.6 is 27.5 Å². The lowest BCUT2D eigenvalue weighted by molar-refractivity contribution is 0.571. The molecule has 1 unspecified atom stereocenters. The molecule has 0 aromatic heterocycles. The van der Waals surface area contributed by atoms with E-state index in [1.54, 1.807) is 6.92 Å². The summed E-state index contributed by atoms with van der Waals surface area (Å²) in [6, 6.07) is 7.16. The van der Waals surface area contributed by atoms with E-state index in [0.29, 0.717) is 0 Å². The summed E-state index contributed by atoms with van der Waals surface area (Å²) in [4.78, 5) is 0. The molecule has 1 atom stereocenters. The second-order valence-corrected chi connectivity index (χ2v) is 6.37. The molecule has 0 aliphatic carbocycles. The van der Waals surface area contributed by atoms with Crippen molar-refractivity contribution >= 4 is 37.6 Å². The Kier molecular flexibility index (Phi) is 4.58. The molecule has 0 saturated carbocycles. The molecule has 84 valence electrons. The van der Waals surface area contributed by atoms with Crippen molar-refractivity contribution in [3.05, 3.63) is 34.3 Å². The molecule has 0 bridgehead atoms. The van der Waals surface area contributed by atoms with E-state index in [4.69, 9.17) is 11.6 Å². The highest BCUT2D eigenvalue weighted by Gasteiger charge is 2.14. The highest BCUT2D eigenvalue weighted by Crippen LogP contribution is 2.18. The molecule has 3 nitrogen and oxygen atoms in total. The SMILES string of the molecule is CC(NS(=O)(=O)CCl)c1cccc(Br)c1. The molecule has 1 aromatic rings. The van der Waals surface area contributed by atoms with Crippen molar-refractivity contribution in [2.75, 3.05) is 5.21 Å². The Balaban J connectivity index is 2.82. The van der Waals surface area contributed by atoms with Crippen LogP contribution in [0.3, 0.4) is 0 Å². The molecule has 1 aromatic carbocycles. The molecule has 1 rings (SSSR count). The fourth-order valence-corrected chi connectivity index (χ4v) is 2.49. The monoisotopic (exact) mass is 311 g/mol. The van der Waals surface area contributed by atoms with Gasteiger partial charge in [0.1, 0.15) is 5.21 Å². The fourth-order valence-electron chi connectivity index (χ4n) is 1.14. The predicted octanol–water partition coefficient (Wildman–Crippen LogP) is 2.63. The third-order valence-electron chi connectivity index (χ3n) is 1.85. The lowest BCUT2D eigenvalue weighted by atomic mass is 10.1. The Morgan fingerprint density at radius 2 is 2.20 bits per heavy atom. The van der Waals surface area contributed by atoms with Crippen LogP contribution in [0, 0.1) is 0 Å². The van der Waals surface area contributed by atoms with Crippen LogP contribution in [0.15, 0.2) is 28.7 Å². The molecule has 6 heteroatoms. The molecule has 0 spiro atoms. The molecule has 0 amide bonds. The third kappa shape index (κ3) is 4.10. The first-order valence-corrected chi connectivity index (χ1v) is 7.24. The quantitative estimate of drug-likeness (QED) is 0.869. The molecule has 0 fully saturated rings. The van der Waals surface area contributed by atoms with Crippen molar-refractivity contribution < 1.29 is 8.42 Å². The lowest BCUT2D eigenvalue weighted by Crippen LogP contribution is -2.27. The van der Waals surface area contributed by atoms with Gasteiger partial charge in [-0.25, -0.2) is 13.1 Å². The van der Waals surface area contributed by atoms with E-state index in [9.17, 15) is 8.42 Å². The van der Waals surface area contributed by atoms with Gasteiger partial charge in [0, 0.05) is 10.5 Å². The summed E-state index contributed by atoms with van der Waals surface area (Å²) in [5.74, 6) is 0. The molecule has 1 N–H and O–H groups in total. The van der Waals surface area contributed by atoms with E-state index in [0.717, 1.165) is 10.0 Å². The van der Waals surface area contributed by atoms with E-state index in [2.05, 4.69) is 20.7 Å². The molecular formula is C9H11BrClNO2S. The van der Waals surface area contributed by atoms with E-state index in [-0.39, 0.29) is 6.04 Å². The molecule has 0 saturated heterocycles. The van der Waals surface area contributed by atoms with Gasteiger partial charge in [0.05, 0.1) is 0 Å². The highest BCUT2D eigenvalue weighted by atomic mass is 79.9. The van der Waals surface area contributed by atoms with Gasteiger partial charge in [-0.1, -0.05) is 28.1 Å². The zero-order valence-corrected chi connectivity index (χ0v) is 11.2. The van der Waals surface area contributed by atoms with Gasteiger partial charge in [-0.15, -0.1) is 11.6 Å². The first-order chi connectivity index (χ1) is 6.94. The van der Waals surface area contributed by atoms with Crippen molar-refractivity contribution in [1.82, 2.24) is 4.72 Å². The maximum atomic E-state index is 11.2. The van der Waals surface area contributed by atoms with Crippen LogP contribution in [0.25, 0.3) is 0 Å². The van der Waals surface area contributed by atoms with Gasteiger partial charge < -0.3 is 0 Å². The van der Waals surface area contributed by atoms with E-state index < -0.39 is 15.2 Å². The van der Waals surface area contributed by atoms with E-state index in [1.807, 2.05) is 24.3 Å². The summed E-state index contributed by atoms with van der Waals surface area (Å²) in [7, 11) is -3.38. The van der Waals surface area contributed by atoms with Crippen LogP contribution < -0.4 is 4.72 Å². The Morgan fingerprint density at radius 3 is 2.73 bits per heavy atom. The molecule has 0 heterocycles. The van der Waals surface area contributed by atoms with Gasteiger partial charge in [-0.05, 0) is 24.6 Å². The van der Waals surface area contributed by atoms with Crippen LogP contribution in [0.4, 0.5) is 0 Å². The summed E-state index contributed by atoms with van der Waals surface area (Å²) in [5, 5.41) is -0.425. The molecular weight excluding hydrogens is 302 g/mol. The average Bonchev–Trinajstić information content (AvgIpc) is 2.17. The molecule has 0 aliphatic heterocycles. The van der Waals surface area contributed by atoms with Crippen LogP contribution in [0.1, 0.15) is 18.5 Å². The van der Waals surface area contributed by atoms with Crippen molar-refractivity contribution in [3.8, 4) is 0 Å².